The molecule has 0 aliphatic rings. The van der Waals surface area contributed by atoms with Gasteiger partial charge in [-0.3, -0.25) is 4.72 Å². The van der Waals surface area contributed by atoms with E-state index in [9.17, 15) is 8.42 Å². The Bertz CT molecular complexity index is 879. The van der Waals surface area contributed by atoms with Gasteiger partial charge in [0.05, 0.1) is 4.90 Å². The number of hydrogen-bond donors (Lipinski definition) is 1. The van der Waals surface area contributed by atoms with Crippen molar-refractivity contribution in [2.45, 2.75) is 18.7 Å². The molecule has 0 bridgehead atoms. The van der Waals surface area contributed by atoms with Gasteiger partial charge in [0.15, 0.2) is 17.3 Å². The van der Waals surface area contributed by atoms with Crippen molar-refractivity contribution in [3.63, 3.8) is 0 Å². The summed E-state index contributed by atoms with van der Waals surface area (Å²) in [6, 6.07) is 5.97. The summed E-state index contributed by atoms with van der Waals surface area (Å²) < 4.78 is 36.9. The summed E-state index contributed by atoms with van der Waals surface area (Å²) in [7, 11) is -3.74. The number of nitrogens with one attached hydrogen (secondary N) is 1. The molecule has 3 rings (SSSR count). The zero-order valence-electron chi connectivity index (χ0n) is 10.7. The minimum Gasteiger partial charge on any atom is -0.441 e. The van der Waals surface area contributed by atoms with E-state index in [2.05, 4.69) is 14.9 Å². The minimum atomic E-state index is -3.74. The van der Waals surface area contributed by atoms with Gasteiger partial charge in [-0.15, -0.1) is 0 Å². The largest absolute Gasteiger partial charge is 0.441 e. The molecule has 7 nitrogen and oxygen atoms in total. The van der Waals surface area contributed by atoms with Crippen LogP contribution in [0.3, 0.4) is 0 Å². The molecule has 0 radical (unpaired) electrons. The van der Waals surface area contributed by atoms with Gasteiger partial charge in [0.25, 0.3) is 10.0 Å². The summed E-state index contributed by atoms with van der Waals surface area (Å²) in [4.78, 5) is 4.19. The van der Waals surface area contributed by atoms with Crippen molar-refractivity contribution in [3.05, 3.63) is 35.9 Å². The molecular weight excluding hydrogens is 282 g/mol. The highest BCUT2D eigenvalue weighted by atomic mass is 32.2. The third-order valence-corrected chi connectivity index (χ3v) is 4.00. The quantitative estimate of drug-likeness (QED) is 0.795. The summed E-state index contributed by atoms with van der Waals surface area (Å²) in [5.74, 6) is 1.13. The van der Waals surface area contributed by atoms with Crippen LogP contribution in [0.5, 0.6) is 0 Å². The summed E-state index contributed by atoms with van der Waals surface area (Å²) in [5.41, 5.74) is 1.03. The summed E-state index contributed by atoms with van der Waals surface area (Å²) in [5, 5.41) is 3.59. The predicted molar refractivity (Wildman–Crippen MR) is 70.8 cm³/mol. The van der Waals surface area contributed by atoms with Gasteiger partial charge in [-0.2, -0.15) is 0 Å². The van der Waals surface area contributed by atoms with Crippen LogP contribution in [-0.2, 0) is 10.0 Å². The van der Waals surface area contributed by atoms with Gasteiger partial charge in [-0.05, 0) is 19.1 Å². The second-order valence-corrected chi connectivity index (χ2v) is 5.97. The van der Waals surface area contributed by atoms with E-state index >= 15 is 0 Å². The number of benzene rings is 1. The molecule has 0 amide bonds. The first-order valence-electron chi connectivity index (χ1n) is 5.77. The Hall–Kier alpha value is -2.35. The Morgan fingerprint density at radius 1 is 1.20 bits per heavy atom. The molecule has 1 N–H and O–H groups in total. The Kier molecular flexibility index (Phi) is 2.75. The van der Waals surface area contributed by atoms with Gasteiger partial charge in [0, 0.05) is 19.1 Å². The van der Waals surface area contributed by atoms with Gasteiger partial charge in [-0.1, -0.05) is 5.16 Å². The van der Waals surface area contributed by atoms with E-state index in [-0.39, 0.29) is 10.7 Å². The molecule has 20 heavy (non-hydrogen) atoms. The minimum absolute atomic E-state index is 0.0711. The smallest absolute Gasteiger partial charge is 0.263 e. The van der Waals surface area contributed by atoms with Crippen LogP contribution in [0.2, 0.25) is 0 Å². The lowest BCUT2D eigenvalue weighted by Crippen LogP contribution is -2.12. The van der Waals surface area contributed by atoms with E-state index in [1.807, 2.05) is 0 Å². The SMILES string of the molecule is Cc1cc(NS(=O)(=O)c2ccc3nc(C)oc3c2)no1. The highest BCUT2D eigenvalue weighted by Crippen LogP contribution is 2.21. The molecular formula is C12H11N3O4S. The number of rotatable bonds is 3. The molecule has 0 unspecified atom stereocenters. The first-order valence-corrected chi connectivity index (χ1v) is 7.26. The Labute approximate surface area is 114 Å². The molecule has 2 heterocycles. The molecule has 3 aromatic rings. The molecule has 1 aromatic carbocycles. The van der Waals surface area contributed by atoms with Crippen molar-refractivity contribution in [2.24, 2.45) is 0 Å². The predicted octanol–water partition coefficient (Wildman–Crippen LogP) is 2.23. The molecule has 2 aromatic heterocycles. The molecule has 0 saturated carbocycles. The molecule has 0 saturated heterocycles. The fourth-order valence-corrected chi connectivity index (χ4v) is 2.80. The van der Waals surface area contributed by atoms with Crippen LogP contribution in [0.15, 0.2) is 38.1 Å². The van der Waals surface area contributed by atoms with Crippen molar-refractivity contribution in [3.8, 4) is 0 Å². The van der Waals surface area contributed by atoms with E-state index in [0.717, 1.165) is 0 Å². The number of sulfonamides is 1. The van der Waals surface area contributed by atoms with E-state index in [1.165, 1.54) is 18.2 Å². The van der Waals surface area contributed by atoms with Crippen LogP contribution in [-0.4, -0.2) is 18.6 Å². The molecule has 0 aliphatic carbocycles. The number of fused-ring (bicyclic) bond motifs is 1. The first kappa shape index (κ1) is 12.7. The standard InChI is InChI=1S/C12H11N3O4S/c1-7-5-12(14-19-7)15-20(16,17)9-3-4-10-11(6-9)18-8(2)13-10/h3-6H,1-2H3,(H,14,15). The highest BCUT2D eigenvalue weighted by Gasteiger charge is 2.18. The monoisotopic (exact) mass is 293 g/mol. The molecule has 0 spiro atoms. The van der Waals surface area contributed by atoms with Crippen LogP contribution in [0, 0.1) is 13.8 Å². The Balaban J connectivity index is 1.99. The number of oxazole rings is 1. The number of aromatic nitrogens is 2. The van der Waals surface area contributed by atoms with Gasteiger partial charge >= 0.3 is 0 Å². The lowest BCUT2D eigenvalue weighted by molar-refractivity contribution is 0.400. The second kappa shape index (κ2) is 4.34. The fourth-order valence-electron chi connectivity index (χ4n) is 1.80. The number of hydrogen-bond acceptors (Lipinski definition) is 6. The zero-order valence-corrected chi connectivity index (χ0v) is 11.6. The maximum absolute atomic E-state index is 12.2. The van der Waals surface area contributed by atoms with Gasteiger partial charge in [-0.25, -0.2) is 13.4 Å². The molecule has 0 aliphatic heterocycles. The Morgan fingerprint density at radius 2 is 2.00 bits per heavy atom. The van der Waals surface area contributed by atoms with Gasteiger partial charge in [0.1, 0.15) is 11.3 Å². The zero-order chi connectivity index (χ0) is 14.3. The normalized spacial score (nSPS) is 11.9. The van der Waals surface area contributed by atoms with Gasteiger partial charge < -0.3 is 8.94 Å². The summed E-state index contributed by atoms with van der Waals surface area (Å²) in [6.45, 7) is 3.37. The van der Waals surface area contributed by atoms with Crippen LogP contribution < -0.4 is 4.72 Å². The number of nitrogens with zero attached hydrogens (tertiary/aromatic N) is 2. The third kappa shape index (κ3) is 2.25. The first-order chi connectivity index (χ1) is 9.44. The van der Waals surface area contributed by atoms with Crippen LogP contribution in [0.25, 0.3) is 11.1 Å². The summed E-state index contributed by atoms with van der Waals surface area (Å²) >= 11 is 0. The summed E-state index contributed by atoms with van der Waals surface area (Å²) in [6.07, 6.45) is 0. The van der Waals surface area contributed by atoms with E-state index in [1.54, 1.807) is 19.9 Å². The maximum Gasteiger partial charge on any atom is 0.263 e. The van der Waals surface area contributed by atoms with Crippen LogP contribution in [0.4, 0.5) is 5.82 Å². The lowest BCUT2D eigenvalue weighted by atomic mass is 10.3. The lowest BCUT2D eigenvalue weighted by Gasteiger charge is -2.04. The van der Waals surface area contributed by atoms with Crippen LogP contribution in [0.1, 0.15) is 11.7 Å². The van der Waals surface area contributed by atoms with E-state index in [4.69, 9.17) is 8.94 Å². The maximum atomic E-state index is 12.2. The average molecular weight is 293 g/mol. The topological polar surface area (TPSA) is 98.2 Å². The van der Waals surface area contributed by atoms with Crippen molar-refractivity contribution in [1.82, 2.24) is 10.1 Å². The van der Waals surface area contributed by atoms with E-state index in [0.29, 0.717) is 22.8 Å². The molecule has 0 fully saturated rings. The molecule has 104 valence electrons. The van der Waals surface area contributed by atoms with Crippen LogP contribution >= 0.6 is 0 Å². The third-order valence-electron chi connectivity index (χ3n) is 2.64. The van der Waals surface area contributed by atoms with Crippen molar-refractivity contribution < 1.29 is 17.4 Å². The fraction of sp³-hybridized carbons (Fsp3) is 0.167. The number of aryl methyl sites for hydroxylation is 2. The Morgan fingerprint density at radius 3 is 2.70 bits per heavy atom. The molecule has 8 heteroatoms. The highest BCUT2D eigenvalue weighted by molar-refractivity contribution is 7.92. The van der Waals surface area contributed by atoms with Gasteiger partial charge in [0.2, 0.25) is 0 Å². The van der Waals surface area contributed by atoms with E-state index < -0.39 is 10.0 Å². The van der Waals surface area contributed by atoms with Crippen molar-refractivity contribution >= 4 is 26.9 Å². The number of anilines is 1. The van der Waals surface area contributed by atoms with Crippen molar-refractivity contribution in [2.75, 3.05) is 4.72 Å². The molecule has 0 atom stereocenters. The average Bonchev–Trinajstić information content (AvgIpc) is 2.92. The second-order valence-electron chi connectivity index (χ2n) is 4.29. The van der Waals surface area contributed by atoms with Crippen molar-refractivity contribution in [1.29, 1.82) is 0 Å².